The Labute approximate surface area is 344 Å². The van der Waals surface area contributed by atoms with E-state index in [0.717, 1.165) is 55.4 Å². The molecule has 3 aromatic heterocycles. The molecule has 13 rings (SSSR count). The van der Waals surface area contributed by atoms with Crippen LogP contribution < -0.4 is 0 Å². The fourth-order valence-electron chi connectivity index (χ4n) is 9.87. The molecule has 10 aromatic carbocycles. The Kier molecular flexibility index (Phi) is 6.98. The lowest BCUT2D eigenvalue weighted by molar-refractivity contribution is 1.18. The van der Waals surface area contributed by atoms with Crippen LogP contribution in [0.2, 0.25) is 0 Å². The van der Waals surface area contributed by atoms with Crippen molar-refractivity contribution in [3.8, 4) is 34.0 Å². The summed E-state index contributed by atoms with van der Waals surface area (Å²) in [7, 11) is 0. The second kappa shape index (κ2) is 12.7. The number of nitrogens with zero attached hydrogens (tertiary/aromatic N) is 4. The molecule has 0 aliphatic carbocycles. The minimum Gasteiger partial charge on any atom is -0.309 e. The zero-order chi connectivity index (χ0) is 39.3. The molecule has 0 bridgehead atoms. The maximum atomic E-state index is 5.49. The smallest absolute Gasteiger partial charge is 0.161 e. The van der Waals surface area contributed by atoms with Crippen LogP contribution in [0.15, 0.2) is 206 Å². The predicted octanol–water partition coefficient (Wildman–Crippen LogP) is 14.6. The third-order valence-electron chi connectivity index (χ3n) is 12.5. The van der Waals surface area contributed by atoms with Crippen LogP contribution in [0.5, 0.6) is 0 Å². The summed E-state index contributed by atoms with van der Waals surface area (Å²) in [5.41, 5.74) is 10.8. The highest BCUT2D eigenvalue weighted by Gasteiger charge is 2.21. The van der Waals surface area contributed by atoms with Gasteiger partial charge >= 0.3 is 0 Å². The van der Waals surface area contributed by atoms with Gasteiger partial charge in [0.1, 0.15) is 0 Å². The first-order valence-corrected chi connectivity index (χ1v) is 20.5. The maximum Gasteiger partial charge on any atom is 0.161 e. The second-order valence-corrected chi connectivity index (χ2v) is 15.7. The molecule has 0 spiro atoms. The van der Waals surface area contributed by atoms with Crippen molar-refractivity contribution in [3.63, 3.8) is 0 Å². The van der Waals surface area contributed by atoms with Gasteiger partial charge in [-0.2, -0.15) is 0 Å². The summed E-state index contributed by atoms with van der Waals surface area (Å²) >= 11 is 0. The lowest BCUT2D eigenvalue weighted by atomic mass is 10.00. The summed E-state index contributed by atoms with van der Waals surface area (Å²) in [5, 5.41) is 13.3. The molecule has 0 N–H and O–H groups in total. The van der Waals surface area contributed by atoms with Crippen molar-refractivity contribution in [1.29, 1.82) is 0 Å². The van der Waals surface area contributed by atoms with E-state index in [1.807, 2.05) is 0 Å². The van der Waals surface area contributed by atoms with Crippen LogP contribution in [0.3, 0.4) is 0 Å². The molecule has 0 unspecified atom stereocenters. The third kappa shape index (κ3) is 4.73. The Morgan fingerprint density at radius 3 is 1.65 bits per heavy atom. The Balaban J connectivity index is 1.05. The van der Waals surface area contributed by atoms with E-state index in [2.05, 4.69) is 215 Å². The van der Waals surface area contributed by atoms with E-state index in [9.17, 15) is 0 Å². The van der Waals surface area contributed by atoms with E-state index in [4.69, 9.17) is 9.97 Å². The standard InChI is InChI=1S/C56H34N4/c1-2-16-38(17-3-1)59-48-25-13-11-22-43(48)44-29-26-37(34-52(44)59)55-46-23-10-12-24-47(46)57-56(58-55)45-30-33-49(42-21-9-8-20-41(42)45)60-50-31-27-35-14-4-6-18-39(35)53(50)54-40-19-7-5-15-36(40)28-32-51(54)60/h1-34H. The molecular formula is C56H34N4. The first-order valence-electron chi connectivity index (χ1n) is 20.5. The lowest BCUT2D eigenvalue weighted by Gasteiger charge is -2.16. The normalized spacial score (nSPS) is 12.0. The number of para-hydroxylation sites is 3. The van der Waals surface area contributed by atoms with Crippen molar-refractivity contribution in [3.05, 3.63) is 206 Å². The molecular weight excluding hydrogens is 729 g/mol. The van der Waals surface area contributed by atoms with Gasteiger partial charge in [-0.3, -0.25) is 0 Å². The molecule has 4 heteroatoms. The van der Waals surface area contributed by atoms with Crippen LogP contribution in [0.4, 0.5) is 0 Å². The largest absolute Gasteiger partial charge is 0.309 e. The van der Waals surface area contributed by atoms with E-state index in [1.54, 1.807) is 0 Å². The van der Waals surface area contributed by atoms with E-state index in [-0.39, 0.29) is 0 Å². The summed E-state index contributed by atoms with van der Waals surface area (Å²) in [5.74, 6) is 0.703. The molecule has 0 fully saturated rings. The molecule has 3 heterocycles. The molecule has 60 heavy (non-hydrogen) atoms. The Morgan fingerprint density at radius 1 is 0.333 bits per heavy atom. The van der Waals surface area contributed by atoms with Crippen molar-refractivity contribution in [2.24, 2.45) is 0 Å². The zero-order valence-electron chi connectivity index (χ0n) is 32.4. The van der Waals surface area contributed by atoms with Crippen molar-refractivity contribution in [2.75, 3.05) is 0 Å². The van der Waals surface area contributed by atoms with Gasteiger partial charge in [0, 0.05) is 49.1 Å². The van der Waals surface area contributed by atoms with Gasteiger partial charge in [0.05, 0.1) is 39.0 Å². The highest BCUT2D eigenvalue weighted by Crippen LogP contribution is 2.43. The summed E-state index contributed by atoms with van der Waals surface area (Å²) in [6.45, 7) is 0. The van der Waals surface area contributed by atoms with Gasteiger partial charge in [-0.15, -0.1) is 0 Å². The van der Waals surface area contributed by atoms with E-state index in [1.165, 1.54) is 59.6 Å². The Bertz CT molecular complexity index is 3800. The molecule has 0 saturated carbocycles. The first-order chi connectivity index (χ1) is 29.8. The van der Waals surface area contributed by atoms with E-state index < -0.39 is 0 Å². The van der Waals surface area contributed by atoms with Gasteiger partial charge < -0.3 is 9.13 Å². The first kappa shape index (κ1) is 32.9. The number of hydrogen-bond donors (Lipinski definition) is 0. The molecule has 13 aromatic rings. The van der Waals surface area contributed by atoms with Gasteiger partial charge in [0.2, 0.25) is 0 Å². The maximum absolute atomic E-state index is 5.49. The summed E-state index contributed by atoms with van der Waals surface area (Å²) in [4.78, 5) is 10.8. The van der Waals surface area contributed by atoms with Crippen LogP contribution in [0, 0.1) is 0 Å². The monoisotopic (exact) mass is 762 g/mol. The third-order valence-corrected chi connectivity index (χ3v) is 12.5. The van der Waals surface area contributed by atoms with Crippen molar-refractivity contribution in [1.82, 2.24) is 19.1 Å². The van der Waals surface area contributed by atoms with Crippen LogP contribution >= 0.6 is 0 Å². The van der Waals surface area contributed by atoms with Crippen molar-refractivity contribution in [2.45, 2.75) is 0 Å². The highest BCUT2D eigenvalue weighted by atomic mass is 15.0. The predicted molar refractivity (Wildman–Crippen MR) is 252 cm³/mol. The van der Waals surface area contributed by atoms with Gasteiger partial charge in [-0.1, -0.05) is 152 Å². The van der Waals surface area contributed by atoms with Crippen LogP contribution in [-0.4, -0.2) is 19.1 Å². The topological polar surface area (TPSA) is 35.6 Å². The molecule has 278 valence electrons. The molecule has 0 radical (unpaired) electrons. The Morgan fingerprint density at radius 2 is 0.917 bits per heavy atom. The van der Waals surface area contributed by atoms with Gasteiger partial charge in [-0.05, 0) is 81.5 Å². The average molecular weight is 763 g/mol. The van der Waals surface area contributed by atoms with Crippen LogP contribution in [-0.2, 0) is 0 Å². The van der Waals surface area contributed by atoms with Crippen LogP contribution in [0.25, 0.3) is 121 Å². The fraction of sp³-hybridized carbons (Fsp3) is 0. The number of hydrogen-bond acceptors (Lipinski definition) is 2. The highest BCUT2D eigenvalue weighted by molar-refractivity contribution is 6.29. The molecule has 0 atom stereocenters. The molecule has 4 nitrogen and oxygen atoms in total. The molecule has 0 aliphatic heterocycles. The second-order valence-electron chi connectivity index (χ2n) is 15.7. The number of benzene rings is 10. The van der Waals surface area contributed by atoms with Crippen LogP contribution in [0.1, 0.15) is 0 Å². The zero-order valence-corrected chi connectivity index (χ0v) is 32.4. The summed E-state index contributed by atoms with van der Waals surface area (Å²) in [6, 6.07) is 74.3. The molecule has 0 saturated heterocycles. The number of rotatable bonds is 4. The Hall–Kier alpha value is -8.08. The SMILES string of the molecule is c1ccc(-n2c3ccccc3c3ccc(-c4nc(-c5ccc(-n6c7ccc8ccccc8c7c7c8ccccc8ccc76)c6ccccc56)nc5ccccc45)cc32)cc1. The van der Waals surface area contributed by atoms with E-state index in [0.29, 0.717) is 5.82 Å². The van der Waals surface area contributed by atoms with Crippen molar-refractivity contribution >= 4 is 86.8 Å². The summed E-state index contributed by atoms with van der Waals surface area (Å²) in [6.07, 6.45) is 0. The quantitative estimate of drug-likeness (QED) is 0.179. The van der Waals surface area contributed by atoms with E-state index >= 15 is 0 Å². The summed E-state index contributed by atoms with van der Waals surface area (Å²) < 4.78 is 4.83. The minimum absolute atomic E-state index is 0.703. The van der Waals surface area contributed by atoms with Gasteiger partial charge in [0.15, 0.2) is 5.82 Å². The number of fused-ring (bicyclic) bond motifs is 12. The van der Waals surface area contributed by atoms with Gasteiger partial charge in [-0.25, -0.2) is 9.97 Å². The van der Waals surface area contributed by atoms with Gasteiger partial charge in [0.25, 0.3) is 0 Å². The molecule has 0 aliphatic rings. The fourth-order valence-corrected chi connectivity index (χ4v) is 9.87. The minimum atomic E-state index is 0.703. The average Bonchev–Trinajstić information content (AvgIpc) is 3.84. The molecule has 0 amide bonds. The number of aromatic nitrogens is 4. The lowest BCUT2D eigenvalue weighted by Crippen LogP contribution is -1.99. The van der Waals surface area contributed by atoms with Crippen molar-refractivity contribution < 1.29 is 0 Å².